The smallest absolute Gasteiger partial charge is 0.0577 e. The van der Waals surface area contributed by atoms with Crippen LogP contribution in [0.1, 0.15) is 98.3 Å². The van der Waals surface area contributed by atoms with Crippen molar-refractivity contribution in [2.75, 3.05) is 6.61 Å². The van der Waals surface area contributed by atoms with E-state index in [9.17, 15) is 10.2 Å². The van der Waals surface area contributed by atoms with Crippen LogP contribution in [-0.4, -0.2) is 22.9 Å². The highest BCUT2D eigenvalue weighted by molar-refractivity contribution is 5.25. The molecule has 9 atom stereocenters. The summed E-state index contributed by atoms with van der Waals surface area (Å²) in [5.41, 5.74) is 2.51. The van der Waals surface area contributed by atoms with Crippen LogP contribution in [0, 0.1) is 46.3 Å². The fourth-order valence-corrected chi connectivity index (χ4v) is 8.70. The number of allylic oxidation sites excluding steroid dienone is 1. The summed E-state index contributed by atoms with van der Waals surface area (Å²) in [7, 11) is 0. The van der Waals surface area contributed by atoms with E-state index in [2.05, 4.69) is 33.8 Å². The van der Waals surface area contributed by atoms with Crippen molar-refractivity contribution in [2.24, 2.45) is 46.3 Å². The zero-order chi connectivity index (χ0) is 20.8. The molecule has 3 saturated carbocycles. The minimum absolute atomic E-state index is 0.0926. The first kappa shape index (κ1) is 21.9. The van der Waals surface area contributed by atoms with Gasteiger partial charge in [0, 0.05) is 6.61 Å². The Morgan fingerprint density at radius 3 is 2.59 bits per heavy atom. The maximum absolute atomic E-state index is 10.2. The predicted molar refractivity (Wildman–Crippen MR) is 120 cm³/mol. The van der Waals surface area contributed by atoms with E-state index < -0.39 is 0 Å². The lowest BCUT2D eigenvalue weighted by Crippen LogP contribution is -2.50. The van der Waals surface area contributed by atoms with Crippen LogP contribution in [-0.2, 0) is 0 Å². The molecule has 0 radical (unpaired) electrons. The van der Waals surface area contributed by atoms with Gasteiger partial charge in [-0.1, -0.05) is 52.2 Å². The molecule has 0 amide bonds. The standard InChI is InChI=1S/C27H46O2/c1-18(17-28)6-5-7-19(2)23-10-11-24-22-9-8-20-16-21(29)12-14-26(20,3)25(22)13-15-27(23,24)4/h8,18-19,21-25,28-29H,5-7,9-17H2,1-4H3/t18?,19?,21-,22?,23?,24?,25?,26-,27+/m0/s1. The Morgan fingerprint density at radius 1 is 1.03 bits per heavy atom. The van der Waals surface area contributed by atoms with E-state index in [1.165, 1.54) is 57.8 Å². The van der Waals surface area contributed by atoms with Crippen LogP contribution in [0.2, 0.25) is 0 Å². The molecule has 0 spiro atoms. The summed E-state index contributed by atoms with van der Waals surface area (Å²) >= 11 is 0. The van der Waals surface area contributed by atoms with E-state index in [-0.39, 0.29) is 6.10 Å². The molecule has 3 fully saturated rings. The van der Waals surface area contributed by atoms with E-state index in [0.717, 1.165) is 42.4 Å². The molecule has 29 heavy (non-hydrogen) atoms. The number of hydrogen-bond acceptors (Lipinski definition) is 2. The molecule has 0 bridgehead atoms. The second-order valence-electron chi connectivity index (χ2n) is 12.1. The quantitative estimate of drug-likeness (QED) is 0.507. The second kappa shape index (κ2) is 8.30. The Kier molecular flexibility index (Phi) is 6.26. The summed E-state index contributed by atoms with van der Waals surface area (Å²) in [5.74, 6) is 4.82. The molecule has 2 N–H and O–H groups in total. The molecule has 0 saturated heterocycles. The van der Waals surface area contributed by atoms with Crippen molar-refractivity contribution in [2.45, 2.75) is 104 Å². The van der Waals surface area contributed by atoms with Crippen LogP contribution >= 0.6 is 0 Å². The number of fused-ring (bicyclic) bond motifs is 5. The molecule has 0 aromatic carbocycles. The van der Waals surface area contributed by atoms with E-state index in [4.69, 9.17) is 0 Å². The average molecular weight is 403 g/mol. The van der Waals surface area contributed by atoms with Crippen LogP contribution < -0.4 is 0 Å². The summed E-state index contributed by atoms with van der Waals surface area (Å²) in [5, 5.41) is 19.5. The third-order valence-corrected chi connectivity index (χ3v) is 10.5. The van der Waals surface area contributed by atoms with Gasteiger partial charge in [-0.3, -0.25) is 0 Å². The van der Waals surface area contributed by atoms with Gasteiger partial charge in [-0.05, 0) is 104 Å². The van der Waals surface area contributed by atoms with Gasteiger partial charge in [-0.25, -0.2) is 0 Å². The van der Waals surface area contributed by atoms with Gasteiger partial charge in [0.15, 0.2) is 0 Å². The zero-order valence-electron chi connectivity index (χ0n) is 19.5. The Morgan fingerprint density at radius 2 is 1.83 bits per heavy atom. The van der Waals surface area contributed by atoms with Crippen molar-refractivity contribution < 1.29 is 10.2 Å². The lowest BCUT2D eigenvalue weighted by molar-refractivity contribution is -0.0573. The highest BCUT2D eigenvalue weighted by Gasteiger charge is 2.59. The van der Waals surface area contributed by atoms with Crippen LogP contribution in [0.15, 0.2) is 11.6 Å². The SMILES string of the molecule is CC(CO)CCCC(C)C1CCC2C3CC=C4C[C@@H](O)CC[C@]4(C)C3CC[C@]12C. The summed E-state index contributed by atoms with van der Waals surface area (Å²) in [6.45, 7) is 10.2. The Labute approximate surface area is 179 Å². The van der Waals surface area contributed by atoms with Crippen molar-refractivity contribution >= 4 is 0 Å². The topological polar surface area (TPSA) is 40.5 Å². The Hall–Kier alpha value is -0.340. The van der Waals surface area contributed by atoms with Gasteiger partial charge in [-0.15, -0.1) is 0 Å². The fraction of sp³-hybridized carbons (Fsp3) is 0.926. The van der Waals surface area contributed by atoms with Gasteiger partial charge < -0.3 is 10.2 Å². The normalized spacial score (nSPS) is 46.3. The number of aliphatic hydroxyl groups is 2. The third kappa shape index (κ3) is 3.75. The number of hydrogen-bond donors (Lipinski definition) is 2. The first-order valence-corrected chi connectivity index (χ1v) is 12.8. The Bertz CT molecular complexity index is 612. The van der Waals surface area contributed by atoms with Crippen molar-refractivity contribution in [3.05, 3.63) is 11.6 Å². The average Bonchev–Trinajstić information content (AvgIpc) is 3.05. The number of aliphatic hydroxyl groups excluding tert-OH is 2. The lowest BCUT2D eigenvalue weighted by Gasteiger charge is -2.58. The molecule has 2 heteroatoms. The molecule has 4 aliphatic carbocycles. The maximum Gasteiger partial charge on any atom is 0.0577 e. The highest BCUT2D eigenvalue weighted by Crippen LogP contribution is 2.67. The highest BCUT2D eigenvalue weighted by atomic mass is 16.3. The van der Waals surface area contributed by atoms with Crippen LogP contribution in [0.25, 0.3) is 0 Å². The summed E-state index contributed by atoms with van der Waals surface area (Å²) in [4.78, 5) is 0. The Balaban J connectivity index is 1.46. The van der Waals surface area contributed by atoms with Gasteiger partial charge in [0.25, 0.3) is 0 Å². The second-order valence-corrected chi connectivity index (χ2v) is 12.1. The lowest BCUT2D eigenvalue weighted by atomic mass is 9.47. The summed E-state index contributed by atoms with van der Waals surface area (Å²) in [6, 6.07) is 0. The van der Waals surface area contributed by atoms with Gasteiger partial charge >= 0.3 is 0 Å². The first-order chi connectivity index (χ1) is 13.8. The molecular formula is C27H46O2. The molecule has 4 aliphatic rings. The van der Waals surface area contributed by atoms with Gasteiger partial charge in [-0.2, -0.15) is 0 Å². The predicted octanol–water partition coefficient (Wildman–Crippen LogP) is 6.36. The van der Waals surface area contributed by atoms with Crippen molar-refractivity contribution in [1.29, 1.82) is 0 Å². The minimum Gasteiger partial charge on any atom is -0.396 e. The molecular weight excluding hydrogens is 356 g/mol. The van der Waals surface area contributed by atoms with E-state index in [0.29, 0.717) is 23.4 Å². The molecule has 0 aromatic heterocycles. The van der Waals surface area contributed by atoms with Gasteiger partial charge in [0.1, 0.15) is 0 Å². The maximum atomic E-state index is 10.2. The van der Waals surface area contributed by atoms with E-state index in [1.54, 1.807) is 5.57 Å². The van der Waals surface area contributed by atoms with Crippen molar-refractivity contribution in [1.82, 2.24) is 0 Å². The zero-order valence-corrected chi connectivity index (χ0v) is 19.5. The molecule has 0 aliphatic heterocycles. The van der Waals surface area contributed by atoms with Gasteiger partial charge in [0.05, 0.1) is 6.10 Å². The molecule has 4 rings (SSSR count). The van der Waals surface area contributed by atoms with E-state index in [1.807, 2.05) is 0 Å². The monoisotopic (exact) mass is 402 g/mol. The molecule has 166 valence electrons. The van der Waals surface area contributed by atoms with Crippen molar-refractivity contribution in [3.8, 4) is 0 Å². The molecule has 2 nitrogen and oxygen atoms in total. The molecule has 0 heterocycles. The van der Waals surface area contributed by atoms with Crippen LogP contribution in [0.4, 0.5) is 0 Å². The van der Waals surface area contributed by atoms with Crippen LogP contribution in [0.3, 0.4) is 0 Å². The van der Waals surface area contributed by atoms with Gasteiger partial charge in [0.2, 0.25) is 0 Å². The fourth-order valence-electron chi connectivity index (χ4n) is 8.70. The minimum atomic E-state index is -0.0926. The van der Waals surface area contributed by atoms with E-state index >= 15 is 0 Å². The molecule has 0 aromatic rings. The molecule has 6 unspecified atom stereocenters. The summed E-state index contributed by atoms with van der Waals surface area (Å²) in [6.07, 6.45) is 16.4. The summed E-state index contributed by atoms with van der Waals surface area (Å²) < 4.78 is 0. The first-order valence-electron chi connectivity index (χ1n) is 12.8. The number of rotatable bonds is 6. The van der Waals surface area contributed by atoms with Crippen molar-refractivity contribution in [3.63, 3.8) is 0 Å². The van der Waals surface area contributed by atoms with Crippen LogP contribution in [0.5, 0.6) is 0 Å². The third-order valence-electron chi connectivity index (χ3n) is 10.5. The largest absolute Gasteiger partial charge is 0.396 e.